The minimum Gasteiger partial charge on any atom is -0.378 e. The molecular weight excluding hydrogens is 258 g/mol. The minimum absolute atomic E-state index is 0. The van der Waals surface area contributed by atoms with Crippen LogP contribution >= 0.6 is 12.4 Å². The lowest BCUT2D eigenvalue weighted by molar-refractivity contribution is 0.614. The van der Waals surface area contributed by atoms with E-state index in [1.54, 1.807) is 12.1 Å². The molecule has 2 rings (SSSR count). The van der Waals surface area contributed by atoms with E-state index < -0.39 is 10.7 Å². The molecule has 0 aliphatic rings. The Morgan fingerprint density at radius 1 is 0.941 bits per heavy atom. The lowest BCUT2D eigenvalue weighted by Gasteiger charge is -2.12. The summed E-state index contributed by atoms with van der Waals surface area (Å²) in [6, 6.07) is 11.1. The number of thiol groups is 1. The molecule has 0 aliphatic carbocycles. The number of halogens is 1. The van der Waals surface area contributed by atoms with Crippen LogP contribution in [0.4, 0.5) is 5.69 Å². The summed E-state index contributed by atoms with van der Waals surface area (Å²) in [4.78, 5) is 2.38. The summed E-state index contributed by atoms with van der Waals surface area (Å²) in [7, 11) is 1.45. The van der Waals surface area contributed by atoms with Gasteiger partial charge in [0.25, 0.3) is 0 Å². The second kappa shape index (κ2) is 5.38. The Morgan fingerprint density at radius 3 is 2.12 bits per heavy atom. The Balaban J connectivity index is 0.00000144. The number of benzene rings is 2. The molecule has 0 saturated carbocycles. The smallest absolute Gasteiger partial charge is 0.168 e. The van der Waals surface area contributed by atoms with Gasteiger partial charge in [0.1, 0.15) is 0 Å². The van der Waals surface area contributed by atoms with E-state index in [2.05, 4.69) is 0 Å². The monoisotopic (exact) mass is 271 g/mol. The molecule has 0 fully saturated rings. The predicted molar refractivity (Wildman–Crippen MR) is 74.1 cm³/mol. The summed E-state index contributed by atoms with van der Waals surface area (Å²) < 4.78 is 21.7. The van der Waals surface area contributed by atoms with Crippen molar-refractivity contribution in [3.63, 3.8) is 0 Å². The van der Waals surface area contributed by atoms with Crippen molar-refractivity contribution in [2.75, 3.05) is 19.0 Å². The summed E-state index contributed by atoms with van der Waals surface area (Å²) in [5.74, 6) is 0. The van der Waals surface area contributed by atoms with Crippen molar-refractivity contribution in [1.82, 2.24) is 0 Å². The third-order valence-electron chi connectivity index (χ3n) is 2.53. The highest BCUT2D eigenvalue weighted by Gasteiger charge is 2.00. The molecule has 0 spiro atoms. The molecule has 2 aromatic rings. The van der Waals surface area contributed by atoms with Crippen molar-refractivity contribution < 1.29 is 8.42 Å². The van der Waals surface area contributed by atoms with Crippen molar-refractivity contribution in [2.24, 2.45) is 0 Å². The molecule has 3 nitrogen and oxygen atoms in total. The minimum atomic E-state index is -2.50. The second-order valence-corrected chi connectivity index (χ2v) is 4.90. The molecule has 0 heterocycles. The van der Waals surface area contributed by atoms with Gasteiger partial charge in [-0.05, 0) is 35.0 Å². The lowest BCUT2D eigenvalue weighted by atomic mass is 10.1. The van der Waals surface area contributed by atoms with Crippen LogP contribution in [-0.4, -0.2) is 22.5 Å². The van der Waals surface area contributed by atoms with E-state index in [1.807, 2.05) is 43.3 Å². The lowest BCUT2D eigenvalue weighted by Crippen LogP contribution is -2.07. The van der Waals surface area contributed by atoms with Gasteiger partial charge in [-0.15, -0.1) is 12.4 Å². The first kappa shape index (κ1) is 13.8. The number of nitrogens with zero attached hydrogens (tertiary/aromatic N) is 1. The highest BCUT2D eigenvalue weighted by molar-refractivity contribution is 7.72. The van der Waals surface area contributed by atoms with Crippen molar-refractivity contribution in [2.45, 2.75) is 4.90 Å². The third kappa shape index (κ3) is 2.90. The van der Waals surface area contributed by atoms with Gasteiger partial charge in [0.2, 0.25) is 0 Å². The summed E-state index contributed by atoms with van der Waals surface area (Å²) in [5.41, 5.74) is 1.10. The van der Waals surface area contributed by atoms with Crippen LogP contribution in [0.3, 0.4) is 0 Å². The van der Waals surface area contributed by atoms with E-state index in [-0.39, 0.29) is 12.4 Å². The first-order valence-electron chi connectivity index (χ1n) is 4.93. The van der Waals surface area contributed by atoms with Crippen LogP contribution in [-0.2, 0) is 10.7 Å². The van der Waals surface area contributed by atoms with Crippen LogP contribution in [0.2, 0.25) is 0 Å². The maximum absolute atomic E-state index is 10.8. The summed E-state index contributed by atoms with van der Waals surface area (Å²) in [6.45, 7) is 0. The fourth-order valence-corrected chi connectivity index (χ4v) is 2.05. The van der Waals surface area contributed by atoms with Gasteiger partial charge in [-0.1, -0.05) is 12.1 Å². The van der Waals surface area contributed by atoms with Crippen LogP contribution in [0.25, 0.3) is 10.8 Å². The van der Waals surface area contributed by atoms with Crippen molar-refractivity contribution >= 4 is 39.6 Å². The fraction of sp³-hybridized carbons (Fsp3) is 0.167. The largest absolute Gasteiger partial charge is 0.378 e. The standard InChI is InChI=1S/C12H13NO2S.ClH/c1-13(2)11-5-3-10-8-12(16(14)15)6-4-9(10)7-11;/h3-8,16H,1-2H3;1H. The highest BCUT2D eigenvalue weighted by atomic mass is 35.5. The van der Waals surface area contributed by atoms with Crippen LogP contribution in [0.1, 0.15) is 0 Å². The third-order valence-corrected chi connectivity index (χ3v) is 3.23. The summed E-state index contributed by atoms with van der Waals surface area (Å²) in [5, 5.41) is 1.99. The van der Waals surface area contributed by atoms with E-state index in [0.29, 0.717) is 4.90 Å². The van der Waals surface area contributed by atoms with Crippen molar-refractivity contribution in [3.8, 4) is 0 Å². The molecule has 0 unspecified atom stereocenters. The predicted octanol–water partition coefficient (Wildman–Crippen LogP) is 2.30. The van der Waals surface area contributed by atoms with Crippen molar-refractivity contribution in [1.29, 1.82) is 0 Å². The average molecular weight is 272 g/mol. The topological polar surface area (TPSA) is 37.4 Å². The maximum Gasteiger partial charge on any atom is 0.168 e. The number of rotatable bonds is 2. The Labute approximate surface area is 108 Å². The molecule has 0 amide bonds. The SMILES string of the molecule is CN(C)c1ccc2cc([SH](=O)=O)ccc2c1.Cl. The Morgan fingerprint density at radius 2 is 1.53 bits per heavy atom. The van der Waals surface area contributed by atoms with Gasteiger partial charge >= 0.3 is 0 Å². The molecular formula is C12H14ClNO2S. The quantitative estimate of drug-likeness (QED) is 0.852. The Kier molecular flexibility index (Phi) is 4.37. The first-order valence-corrected chi connectivity index (χ1v) is 6.11. The van der Waals surface area contributed by atoms with Gasteiger partial charge in [0.05, 0.1) is 4.90 Å². The number of anilines is 1. The van der Waals surface area contributed by atoms with Gasteiger partial charge in [-0.25, -0.2) is 8.42 Å². The molecule has 0 bridgehead atoms. The zero-order valence-electron chi connectivity index (χ0n) is 9.58. The van der Waals surface area contributed by atoms with Crippen LogP contribution in [0.5, 0.6) is 0 Å². The molecule has 2 aromatic carbocycles. The molecule has 0 aromatic heterocycles. The van der Waals surface area contributed by atoms with Crippen LogP contribution < -0.4 is 4.90 Å². The molecule has 0 aliphatic heterocycles. The molecule has 5 heteroatoms. The van der Waals surface area contributed by atoms with Gasteiger partial charge in [0.15, 0.2) is 10.7 Å². The van der Waals surface area contributed by atoms with Crippen molar-refractivity contribution in [3.05, 3.63) is 36.4 Å². The average Bonchev–Trinajstić information content (AvgIpc) is 2.27. The van der Waals surface area contributed by atoms with E-state index >= 15 is 0 Å². The maximum atomic E-state index is 10.8. The summed E-state index contributed by atoms with van der Waals surface area (Å²) in [6.07, 6.45) is 0. The first-order chi connectivity index (χ1) is 7.58. The van der Waals surface area contributed by atoms with E-state index in [4.69, 9.17) is 0 Å². The molecule has 0 atom stereocenters. The number of hydrogen-bond acceptors (Lipinski definition) is 3. The molecule has 17 heavy (non-hydrogen) atoms. The van der Waals surface area contributed by atoms with Crippen LogP contribution in [0.15, 0.2) is 41.3 Å². The number of fused-ring (bicyclic) bond motifs is 1. The Hall–Kier alpha value is -1.26. The molecule has 92 valence electrons. The van der Waals surface area contributed by atoms with E-state index in [0.717, 1.165) is 16.5 Å². The normalized spacial score (nSPS) is 10.3. The van der Waals surface area contributed by atoms with E-state index in [9.17, 15) is 8.42 Å². The van der Waals surface area contributed by atoms with Gasteiger partial charge in [-0.2, -0.15) is 0 Å². The Bertz CT molecular complexity index is 600. The molecule has 0 radical (unpaired) electrons. The van der Waals surface area contributed by atoms with Gasteiger partial charge in [-0.3, -0.25) is 0 Å². The fourth-order valence-electron chi connectivity index (χ4n) is 1.61. The number of hydrogen-bond donors (Lipinski definition) is 1. The van der Waals surface area contributed by atoms with Gasteiger partial charge in [0, 0.05) is 19.8 Å². The highest BCUT2D eigenvalue weighted by Crippen LogP contribution is 2.22. The summed E-state index contributed by atoms with van der Waals surface area (Å²) >= 11 is 0. The molecule has 0 N–H and O–H groups in total. The van der Waals surface area contributed by atoms with Crippen LogP contribution in [0, 0.1) is 0 Å². The second-order valence-electron chi connectivity index (χ2n) is 3.87. The zero-order valence-corrected chi connectivity index (χ0v) is 11.3. The van der Waals surface area contributed by atoms with Gasteiger partial charge < -0.3 is 4.90 Å². The zero-order chi connectivity index (χ0) is 11.7. The van der Waals surface area contributed by atoms with E-state index in [1.165, 1.54) is 0 Å². The molecule has 0 saturated heterocycles.